The minimum atomic E-state index is -0.530. The fourth-order valence-electron chi connectivity index (χ4n) is 3.26. The van der Waals surface area contributed by atoms with Crippen molar-refractivity contribution in [1.29, 1.82) is 0 Å². The van der Waals surface area contributed by atoms with Crippen LogP contribution in [0.2, 0.25) is 0 Å². The number of fused-ring (bicyclic) bond motifs is 1. The maximum atomic E-state index is 12.6. The molecule has 1 aromatic rings. The summed E-state index contributed by atoms with van der Waals surface area (Å²) in [6.07, 6.45) is 0.908. The highest BCUT2D eigenvalue weighted by Crippen LogP contribution is 2.45. The Morgan fingerprint density at radius 1 is 1.52 bits per heavy atom. The zero-order chi connectivity index (χ0) is 15.8. The normalized spacial score (nSPS) is 21.6. The summed E-state index contributed by atoms with van der Waals surface area (Å²) in [5.41, 5.74) is 1.88. The molecule has 0 saturated heterocycles. The third kappa shape index (κ3) is 3.03. The second-order valence-corrected chi connectivity index (χ2v) is 7.02. The van der Waals surface area contributed by atoms with Crippen molar-refractivity contribution < 1.29 is 9.53 Å². The molecular weight excluding hydrogens is 286 g/mol. The molecule has 1 aliphatic rings. The van der Waals surface area contributed by atoms with E-state index in [2.05, 4.69) is 26.8 Å². The fraction of sp³-hybridized carbons (Fsp3) is 0.588. The summed E-state index contributed by atoms with van der Waals surface area (Å²) >= 11 is 6.06. The van der Waals surface area contributed by atoms with E-state index in [1.165, 1.54) is 0 Å². The number of alkyl halides is 1. The Morgan fingerprint density at radius 2 is 2.19 bits per heavy atom. The van der Waals surface area contributed by atoms with Gasteiger partial charge in [-0.05, 0) is 63.8 Å². The third-order valence-electron chi connectivity index (χ3n) is 4.05. The molecule has 0 aromatic heterocycles. The molecule has 2 atom stereocenters. The second kappa shape index (κ2) is 5.88. The molecular formula is C17H24ClNO2. The van der Waals surface area contributed by atoms with E-state index in [1.54, 1.807) is 6.92 Å². The number of hydrogen-bond acceptors (Lipinski definition) is 2. The molecule has 1 aliphatic heterocycles. The minimum absolute atomic E-state index is 0.0426. The Hall–Kier alpha value is -1.22. The van der Waals surface area contributed by atoms with Crippen LogP contribution < -0.4 is 9.64 Å². The zero-order valence-corrected chi connectivity index (χ0v) is 14.2. The Bertz CT molecular complexity index is 540. The van der Waals surface area contributed by atoms with Gasteiger partial charge in [-0.15, -0.1) is 11.6 Å². The quantitative estimate of drug-likeness (QED) is 0.778. The smallest absolute Gasteiger partial charge is 0.245 e. The Labute approximate surface area is 132 Å². The van der Waals surface area contributed by atoms with E-state index < -0.39 is 5.38 Å². The number of rotatable bonds is 3. The van der Waals surface area contributed by atoms with Gasteiger partial charge in [-0.2, -0.15) is 0 Å². The minimum Gasteiger partial charge on any atom is -0.494 e. The molecule has 21 heavy (non-hydrogen) atoms. The molecule has 1 heterocycles. The number of ether oxygens (including phenoxy) is 1. The number of benzene rings is 1. The van der Waals surface area contributed by atoms with Gasteiger partial charge >= 0.3 is 0 Å². The topological polar surface area (TPSA) is 29.5 Å². The van der Waals surface area contributed by atoms with Gasteiger partial charge in [-0.3, -0.25) is 4.79 Å². The van der Waals surface area contributed by atoms with Crippen LogP contribution in [-0.4, -0.2) is 23.4 Å². The number of anilines is 1. The van der Waals surface area contributed by atoms with Crippen LogP contribution in [0.1, 0.15) is 52.5 Å². The summed E-state index contributed by atoms with van der Waals surface area (Å²) in [6.45, 7) is 10.7. The molecule has 0 radical (unpaired) electrons. The van der Waals surface area contributed by atoms with Crippen LogP contribution in [0.15, 0.2) is 18.2 Å². The first kappa shape index (κ1) is 16.2. The van der Waals surface area contributed by atoms with Crippen LogP contribution >= 0.6 is 11.6 Å². The van der Waals surface area contributed by atoms with Gasteiger partial charge in [0.2, 0.25) is 5.91 Å². The van der Waals surface area contributed by atoms with Crippen LogP contribution in [-0.2, 0) is 4.79 Å². The largest absolute Gasteiger partial charge is 0.494 e. The van der Waals surface area contributed by atoms with Crippen LogP contribution in [0, 0.1) is 0 Å². The van der Waals surface area contributed by atoms with Gasteiger partial charge in [0.15, 0.2) is 0 Å². The molecule has 0 spiro atoms. The molecule has 0 fully saturated rings. The average Bonchev–Trinajstić information content (AvgIpc) is 2.38. The lowest BCUT2D eigenvalue weighted by molar-refractivity contribution is -0.119. The number of halogens is 1. The molecule has 0 bridgehead atoms. The van der Waals surface area contributed by atoms with Crippen molar-refractivity contribution in [2.24, 2.45) is 0 Å². The molecule has 1 amide bonds. The fourth-order valence-corrected chi connectivity index (χ4v) is 3.36. The van der Waals surface area contributed by atoms with Gasteiger partial charge in [0.1, 0.15) is 11.1 Å². The molecule has 0 saturated carbocycles. The highest BCUT2D eigenvalue weighted by molar-refractivity contribution is 6.32. The molecule has 0 unspecified atom stereocenters. The molecule has 0 N–H and O–H groups in total. The van der Waals surface area contributed by atoms with E-state index in [9.17, 15) is 4.79 Å². The van der Waals surface area contributed by atoms with Crippen molar-refractivity contribution in [3.05, 3.63) is 23.8 Å². The summed E-state index contributed by atoms with van der Waals surface area (Å²) in [5.74, 6) is 1.19. The van der Waals surface area contributed by atoms with E-state index in [0.29, 0.717) is 12.5 Å². The summed E-state index contributed by atoms with van der Waals surface area (Å²) in [5, 5.41) is -0.530. The van der Waals surface area contributed by atoms with Crippen LogP contribution in [0.25, 0.3) is 0 Å². The van der Waals surface area contributed by atoms with Crippen LogP contribution in [0.5, 0.6) is 5.75 Å². The van der Waals surface area contributed by atoms with Gasteiger partial charge in [0.25, 0.3) is 0 Å². The number of hydrogen-bond donors (Lipinski definition) is 0. The molecule has 4 heteroatoms. The average molecular weight is 310 g/mol. The van der Waals surface area contributed by atoms with Crippen LogP contribution in [0.3, 0.4) is 0 Å². The summed E-state index contributed by atoms with van der Waals surface area (Å²) in [6, 6.07) is 5.96. The molecule has 116 valence electrons. The number of nitrogens with zero attached hydrogens (tertiary/aromatic N) is 1. The molecule has 2 rings (SSSR count). The van der Waals surface area contributed by atoms with Crippen molar-refractivity contribution in [2.75, 3.05) is 11.5 Å². The highest BCUT2D eigenvalue weighted by Gasteiger charge is 2.41. The predicted molar refractivity (Wildman–Crippen MR) is 87.5 cm³/mol. The number of carbonyl (C=O) groups is 1. The standard InChI is InChI=1S/C17H24ClNO2/c1-6-21-13-7-8-15-14(9-13)11(2)10-17(4,5)19(15)16(20)12(3)18/h7-9,11-12H,6,10H2,1-5H3/t11-,12+/m0/s1. The predicted octanol–water partition coefficient (Wildman–Crippen LogP) is 4.33. The molecule has 1 aromatic carbocycles. The van der Waals surface area contributed by atoms with Crippen molar-refractivity contribution in [3.8, 4) is 5.75 Å². The van der Waals surface area contributed by atoms with E-state index in [0.717, 1.165) is 23.4 Å². The first-order valence-electron chi connectivity index (χ1n) is 7.52. The van der Waals surface area contributed by atoms with Crippen molar-refractivity contribution >= 4 is 23.2 Å². The highest BCUT2D eigenvalue weighted by atomic mass is 35.5. The van der Waals surface area contributed by atoms with E-state index in [-0.39, 0.29) is 11.4 Å². The summed E-state index contributed by atoms with van der Waals surface area (Å²) in [7, 11) is 0. The third-order valence-corrected chi connectivity index (χ3v) is 4.24. The lowest BCUT2D eigenvalue weighted by Crippen LogP contribution is -2.53. The Morgan fingerprint density at radius 3 is 2.76 bits per heavy atom. The molecule has 3 nitrogen and oxygen atoms in total. The maximum absolute atomic E-state index is 12.6. The maximum Gasteiger partial charge on any atom is 0.245 e. The lowest BCUT2D eigenvalue weighted by Gasteiger charge is -2.46. The molecule has 0 aliphatic carbocycles. The first-order chi connectivity index (χ1) is 9.77. The number of amides is 1. The Balaban J connectivity index is 2.52. The van der Waals surface area contributed by atoms with Crippen molar-refractivity contribution in [1.82, 2.24) is 0 Å². The van der Waals surface area contributed by atoms with Gasteiger partial charge in [0, 0.05) is 11.2 Å². The van der Waals surface area contributed by atoms with Crippen LogP contribution in [0.4, 0.5) is 5.69 Å². The zero-order valence-electron chi connectivity index (χ0n) is 13.4. The number of carbonyl (C=O) groups excluding carboxylic acids is 1. The van der Waals surface area contributed by atoms with Crippen molar-refractivity contribution in [3.63, 3.8) is 0 Å². The monoisotopic (exact) mass is 309 g/mol. The van der Waals surface area contributed by atoms with Gasteiger partial charge in [-0.25, -0.2) is 0 Å². The van der Waals surface area contributed by atoms with E-state index >= 15 is 0 Å². The lowest BCUT2D eigenvalue weighted by atomic mass is 9.80. The Kier molecular flexibility index (Phi) is 4.52. The first-order valence-corrected chi connectivity index (χ1v) is 7.96. The summed E-state index contributed by atoms with van der Waals surface area (Å²) in [4.78, 5) is 14.4. The summed E-state index contributed by atoms with van der Waals surface area (Å²) < 4.78 is 5.59. The van der Waals surface area contributed by atoms with Gasteiger partial charge < -0.3 is 9.64 Å². The van der Waals surface area contributed by atoms with Gasteiger partial charge in [0.05, 0.1) is 6.61 Å². The van der Waals surface area contributed by atoms with Gasteiger partial charge in [-0.1, -0.05) is 6.92 Å². The SMILES string of the molecule is CCOc1ccc2c(c1)[C@@H](C)CC(C)(C)N2C(=O)[C@@H](C)Cl. The van der Waals surface area contributed by atoms with Crippen molar-refractivity contribution in [2.45, 2.75) is 57.9 Å². The second-order valence-electron chi connectivity index (χ2n) is 6.36. The van der Waals surface area contributed by atoms with E-state index in [1.807, 2.05) is 24.0 Å². The van der Waals surface area contributed by atoms with E-state index in [4.69, 9.17) is 16.3 Å².